The van der Waals surface area contributed by atoms with Crippen molar-refractivity contribution in [3.8, 4) is 0 Å². The number of nitrogens with zero attached hydrogens (tertiary/aromatic N) is 1. The SMILES string of the molecule is CC12C[C@]3(C)CN(C[C@](C)(C1)C3)C21[C@@H]2CCCC[C@@H]21. The number of hydrogen-bond acceptors (Lipinski definition) is 1. The van der Waals surface area contributed by atoms with Crippen LogP contribution in [0.25, 0.3) is 0 Å². The average molecular weight is 259 g/mol. The maximum Gasteiger partial charge on any atom is 0.0326 e. The van der Waals surface area contributed by atoms with Gasteiger partial charge in [-0.3, -0.25) is 4.90 Å². The minimum absolute atomic E-state index is 0.636. The molecule has 3 saturated carbocycles. The summed E-state index contributed by atoms with van der Waals surface area (Å²) in [5.74, 6) is 2.16. The lowest BCUT2D eigenvalue weighted by molar-refractivity contribution is -0.210. The molecule has 106 valence electrons. The molecule has 0 aromatic rings. The number of rotatable bonds is 0. The molecule has 1 heteroatoms. The second kappa shape index (κ2) is 2.93. The van der Waals surface area contributed by atoms with Crippen molar-refractivity contribution in [2.24, 2.45) is 28.1 Å². The van der Waals surface area contributed by atoms with Crippen LogP contribution in [0.1, 0.15) is 65.7 Å². The van der Waals surface area contributed by atoms with E-state index in [-0.39, 0.29) is 0 Å². The first-order valence-electron chi connectivity index (χ1n) is 8.66. The van der Waals surface area contributed by atoms with E-state index in [1.54, 1.807) is 12.8 Å². The second-order valence-corrected chi connectivity index (χ2v) is 9.89. The molecule has 0 amide bonds. The van der Waals surface area contributed by atoms with Crippen LogP contribution in [0.3, 0.4) is 0 Å². The molecular formula is C18H29N. The lowest BCUT2D eigenvalue weighted by Gasteiger charge is -2.70. The van der Waals surface area contributed by atoms with Crippen LogP contribution in [0.5, 0.6) is 0 Å². The molecular weight excluding hydrogens is 230 g/mol. The van der Waals surface area contributed by atoms with Gasteiger partial charge in [0.2, 0.25) is 0 Å². The van der Waals surface area contributed by atoms with Crippen molar-refractivity contribution in [3.63, 3.8) is 0 Å². The Morgan fingerprint density at radius 2 is 1.32 bits per heavy atom. The van der Waals surface area contributed by atoms with Gasteiger partial charge in [0, 0.05) is 18.6 Å². The molecule has 1 nitrogen and oxygen atoms in total. The van der Waals surface area contributed by atoms with Gasteiger partial charge in [0.25, 0.3) is 0 Å². The summed E-state index contributed by atoms with van der Waals surface area (Å²) in [6.45, 7) is 10.7. The first-order valence-corrected chi connectivity index (χ1v) is 8.66. The van der Waals surface area contributed by atoms with E-state index in [1.165, 1.54) is 45.2 Å². The zero-order valence-electron chi connectivity index (χ0n) is 13.0. The molecule has 0 radical (unpaired) electrons. The third-order valence-corrected chi connectivity index (χ3v) is 7.91. The Labute approximate surface area is 118 Å². The number of piperidine rings is 3. The molecule has 3 unspecified atom stereocenters. The highest BCUT2D eigenvalue weighted by atomic mass is 15.3. The van der Waals surface area contributed by atoms with Gasteiger partial charge in [-0.05, 0) is 60.2 Å². The van der Waals surface area contributed by atoms with Crippen molar-refractivity contribution in [3.05, 3.63) is 0 Å². The Bertz CT molecular complexity index is 423. The minimum atomic E-state index is 0.636. The zero-order valence-corrected chi connectivity index (χ0v) is 13.0. The van der Waals surface area contributed by atoms with E-state index in [2.05, 4.69) is 25.7 Å². The molecule has 4 bridgehead atoms. The highest BCUT2D eigenvalue weighted by Gasteiger charge is 2.80. The first-order chi connectivity index (χ1) is 8.91. The topological polar surface area (TPSA) is 3.24 Å². The molecule has 19 heavy (non-hydrogen) atoms. The van der Waals surface area contributed by atoms with Gasteiger partial charge < -0.3 is 0 Å². The fraction of sp³-hybridized carbons (Fsp3) is 1.00. The van der Waals surface area contributed by atoms with E-state index in [0.29, 0.717) is 21.8 Å². The van der Waals surface area contributed by atoms with Crippen molar-refractivity contribution >= 4 is 0 Å². The number of hydrogen-bond donors (Lipinski definition) is 0. The fourth-order valence-electron chi connectivity index (χ4n) is 8.69. The second-order valence-electron chi connectivity index (χ2n) is 9.89. The van der Waals surface area contributed by atoms with Crippen molar-refractivity contribution < 1.29 is 0 Å². The molecule has 6 fully saturated rings. The standard InChI is InChI=1S/C18H29N/c1-15-8-16(2)10-17(3,9-15)18(19(11-15)12-16)13-6-4-5-7-14(13)18/h13-14H,4-12H2,1-3H3/t13-,14+,15-,16+,17?,18?. The summed E-state index contributed by atoms with van der Waals surface area (Å²) in [6, 6.07) is 0. The van der Waals surface area contributed by atoms with Crippen molar-refractivity contribution in [2.45, 2.75) is 71.3 Å². The van der Waals surface area contributed by atoms with Crippen LogP contribution in [-0.2, 0) is 0 Å². The molecule has 3 saturated heterocycles. The van der Waals surface area contributed by atoms with Gasteiger partial charge in [-0.2, -0.15) is 0 Å². The molecule has 0 N–H and O–H groups in total. The Balaban J connectivity index is 1.63. The van der Waals surface area contributed by atoms with E-state index in [4.69, 9.17) is 0 Å². The summed E-state index contributed by atoms with van der Waals surface area (Å²) < 4.78 is 0. The van der Waals surface area contributed by atoms with Gasteiger partial charge in [-0.15, -0.1) is 0 Å². The third kappa shape index (κ3) is 1.12. The molecule has 6 aliphatic rings. The van der Waals surface area contributed by atoms with E-state index in [9.17, 15) is 0 Å². The van der Waals surface area contributed by atoms with E-state index < -0.39 is 0 Å². The highest BCUT2D eigenvalue weighted by molar-refractivity contribution is 5.33. The van der Waals surface area contributed by atoms with Gasteiger partial charge >= 0.3 is 0 Å². The molecule has 0 aromatic carbocycles. The Hall–Kier alpha value is -0.0400. The Morgan fingerprint density at radius 1 is 0.789 bits per heavy atom. The van der Waals surface area contributed by atoms with E-state index >= 15 is 0 Å². The largest absolute Gasteiger partial charge is 0.295 e. The monoisotopic (exact) mass is 259 g/mol. The lowest BCUT2D eigenvalue weighted by Crippen LogP contribution is -2.72. The fourth-order valence-corrected chi connectivity index (χ4v) is 8.69. The summed E-state index contributed by atoms with van der Waals surface area (Å²) in [7, 11) is 0. The van der Waals surface area contributed by atoms with Crippen LogP contribution in [0, 0.1) is 28.1 Å². The zero-order chi connectivity index (χ0) is 13.1. The maximum atomic E-state index is 3.03. The first kappa shape index (κ1) is 11.6. The van der Waals surface area contributed by atoms with Gasteiger partial charge in [0.1, 0.15) is 0 Å². The molecule has 0 aromatic heterocycles. The molecule has 3 heterocycles. The molecule has 1 spiro atoms. The quantitative estimate of drug-likeness (QED) is 0.633. The van der Waals surface area contributed by atoms with Gasteiger partial charge in [-0.1, -0.05) is 33.6 Å². The van der Waals surface area contributed by atoms with Gasteiger partial charge in [-0.25, -0.2) is 0 Å². The van der Waals surface area contributed by atoms with Crippen molar-refractivity contribution in [1.82, 2.24) is 4.90 Å². The van der Waals surface area contributed by atoms with Crippen LogP contribution in [0.2, 0.25) is 0 Å². The predicted molar refractivity (Wildman–Crippen MR) is 77.9 cm³/mol. The smallest absolute Gasteiger partial charge is 0.0326 e. The number of fused-ring (bicyclic) bond motifs is 1. The van der Waals surface area contributed by atoms with Crippen LogP contribution < -0.4 is 0 Å². The average Bonchev–Trinajstić information content (AvgIpc) is 2.92. The molecule has 3 aliphatic heterocycles. The molecule has 6 rings (SSSR count). The van der Waals surface area contributed by atoms with Crippen molar-refractivity contribution in [1.29, 1.82) is 0 Å². The summed E-state index contributed by atoms with van der Waals surface area (Å²) in [5.41, 5.74) is 2.59. The Kier molecular flexibility index (Phi) is 1.79. The normalized spacial score (nSPS) is 69.3. The lowest BCUT2D eigenvalue weighted by atomic mass is 9.45. The van der Waals surface area contributed by atoms with Crippen molar-refractivity contribution in [2.75, 3.05) is 13.1 Å². The van der Waals surface area contributed by atoms with Crippen LogP contribution >= 0.6 is 0 Å². The summed E-state index contributed by atoms with van der Waals surface area (Å²) >= 11 is 0. The van der Waals surface area contributed by atoms with E-state index in [0.717, 1.165) is 11.8 Å². The summed E-state index contributed by atoms with van der Waals surface area (Å²) in [4.78, 5) is 3.03. The van der Waals surface area contributed by atoms with Gasteiger partial charge in [0.05, 0.1) is 0 Å². The molecule has 3 aliphatic carbocycles. The molecule has 7 atom stereocenters. The van der Waals surface area contributed by atoms with Gasteiger partial charge in [0.15, 0.2) is 0 Å². The summed E-state index contributed by atoms with van der Waals surface area (Å²) in [5, 5.41) is 0. The van der Waals surface area contributed by atoms with Crippen LogP contribution in [-0.4, -0.2) is 23.5 Å². The van der Waals surface area contributed by atoms with E-state index in [1.807, 2.05) is 0 Å². The minimum Gasteiger partial charge on any atom is -0.295 e. The summed E-state index contributed by atoms with van der Waals surface area (Å²) in [6.07, 6.45) is 10.7. The predicted octanol–water partition coefficient (Wildman–Crippen LogP) is 4.08. The maximum absolute atomic E-state index is 3.03. The Morgan fingerprint density at radius 3 is 1.79 bits per heavy atom. The third-order valence-electron chi connectivity index (χ3n) is 7.91. The van der Waals surface area contributed by atoms with Crippen LogP contribution in [0.4, 0.5) is 0 Å². The van der Waals surface area contributed by atoms with Crippen LogP contribution in [0.15, 0.2) is 0 Å². The highest BCUT2D eigenvalue weighted by Crippen LogP contribution is 2.79.